The SMILES string of the molecule is COc1c(I)cc(C(=O)NCc2cccc3ccccc23)cc1OCc1ccccc1. The molecule has 0 saturated carbocycles. The molecule has 0 aliphatic carbocycles. The molecule has 1 amide bonds. The van der Waals surface area contributed by atoms with E-state index >= 15 is 0 Å². The number of halogens is 1. The Hall–Kier alpha value is -3.06. The Balaban J connectivity index is 1.52. The van der Waals surface area contributed by atoms with Gasteiger partial charge in [0.15, 0.2) is 11.5 Å². The van der Waals surface area contributed by atoms with Gasteiger partial charge in [-0.2, -0.15) is 0 Å². The van der Waals surface area contributed by atoms with Crippen molar-refractivity contribution in [3.05, 3.63) is 105 Å². The molecule has 0 saturated heterocycles. The van der Waals surface area contributed by atoms with E-state index in [2.05, 4.69) is 46.1 Å². The fourth-order valence-corrected chi connectivity index (χ4v) is 4.29. The zero-order chi connectivity index (χ0) is 21.6. The van der Waals surface area contributed by atoms with Crippen molar-refractivity contribution in [3.8, 4) is 11.5 Å². The second-order valence-electron chi connectivity index (χ2n) is 7.08. The Morgan fingerprint density at radius 2 is 1.68 bits per heavy atom. The second kappa shape index (κ2) is 9.83. The smallest absolute Gasteiger partial charge is 0.251 e. The van der Waals surface area contributed by atoms with Crippen molar-refractivity contribution in [2.75, 3.05) is 7.11 Å². The Morgan fingerprint density at radius 3 is 2.48 bits per heavy atom. The van der Waals surface area contributed by atoms with E-state index in [1.165, 1.54) is 0 Å². The van der Waals surface area contributed by atoms with Crippen LogP contribution in [0, 0.1) is 3.57 Å². The first-order valence-corrected chi connectivity index (χ1v) is 11.0. The lowest BCUT2D eigenvalue weighted by Crippen LogP contribution is -2.23. The number of methoxy groups -OCH3 is 1. The molecule has 0 spiro atoms. The van der Waals surface area contributed by atoms with Crippen LogP contribution in [0.25, 0.3) is 10.8 Å². The summed E-state index contributed by atoms with van der Waals surface area (Å²) in [6.45, 7) is 0.845. The molecule has 5 heteroatoms. The normalized spacial score (nSPS) is 10.6. The number of benzene rings is 4. The van der Waals surface area contributed by atoms with E-state index in [9.17, 15) is 4.79 Å². The summed E-state index contributed by atoms with van der Waals surface area (Å²) >= 11 is 2.17. The van der Waals surface area contributed by atoms with Crippen LogP contribution in [0.2, 0.25) is 0 Å². The van der Waals surface area contributed by atoms with Crippen LogP contribution in [0.5, 0.6) is 11.5 Å². The third-order valence-corrected chi connectivity index (χ3v) is 5.83. The molecule has 4 aromatic rings. The summed E-state index contributed by atoms with van der Waals surface area (Å²) in [5.74, 6) is 1.02. The van der Waals surface area contributed by atoms with Crippen LogP contribution in [-0.4, -0.2) is 13.0 Å². The van der Waals surface area contributed by atoms with Gasteiger partial charge < -0.3 is 14.8 Å². The van der Waals surface area contributed by atoms with Gasteiger partial charge in [-0.3, -0.25) is 4.79 Å². The fraction of sp³-hybridized carbons (Fsp3) is 0.115. The molecule has 4 nitrogen and oxygen atoms in total. The van der Waals surface area contributed by atoms with Gasteiger partial charge in [-0.25, -0.2) is 0 Å². The molecule has 0 aliphatic heterocycles. The molecule has 0 radical (unpaired) electrons. The van der Waals surface area contributed by atoms with Crippen LogP contribution in [0.1, 0.15) is 21.5 Å². The number of hydrogen-bond donors (Lipinski definition) is 1. The maximum absolute atomic E-state index is 12.9. The third-order valence-electron chi connectivity index (χ3n) is 5.03. The van der Waals surface area contributed by atoms with Gasteiger partial charge in [-0.05, 0) is 56.6 Å². The molecule has 0 fully saturated rings. The van der Waals surface area contributed by atoms with Crippen molar-refractivity contribution in [3.63, 3.8) is 0 Å². The highest BCUT2D eigenvalue weighted by Crippen LogP contribution is 2.34. The average Bonchev–Trinajstić information content (AvgIpc) is 2.81. The zero-order valence-electron chi connectivity index (χ0n) is 17.1. The van der Waals surface area contributed by atoms with Crippen LogP contribution in [-0.2, 0) is 13.2 Å². The molecule has 31 heavy (non-hydrogen) atoms. The van der Waals surface area contributed by atoms with Crippen LogP contribution in [0.3, 0.4) is 0 Å². The molecule has 0 aliphatic rings. The van der Waals surface area contributed by atoms with E-state index in [0.29, 0.717) is 30.2 Å². The minimum absolute atomic E-state index is 0.155. The molecule has 0 aromatic heterocycles. The molecule has 1 N–H and O–H groups in total. The Bertz CT molecular complexity index is 1200. The first-order chi connectivity index (χ1) is 15.2. The molecular formula is C26H22INO3. The van der Waals surface area contributed by atoms with Crippen molar-refractivity contribution in [1.82, 2.24) is 5.32 Å². The molecule has 0 bridgehead atoms. The molecule has 4 rings (SSSR count). The lowest BCUT2D eigenvalue weighted by Gasteiger charge is -2.15. The topological polar surface area (TPSA) is 47.6 Å². The standard InChI is InChI=1S/C26H22INO3/c1-30-25-23(27)14-21(15-24(25)31-17-18-8-3-2-4-9-18)26(29)28-16-20-12-7-11-19-10-5-6-13-22(19)20/h2-15H,16-17H2,1H3,(H,28,29). The quantitative estimate of drug-likeness (QED) is 0.304. The number of nitrogens with one attached hydrogen (secondary N) is 1. The van der Waals surface area contributed by atoms with E-state index in [1.807, 2.05) is 60.7 Å². The van der Waals surface area contributed by atoms with Crippen LogP contribution < -0.4 is 14.8 Å². The van der Waals surface area contributed by atoms with Gasteiger partial charge in [0.25, 0.3) is 5.91 Å². The average molecular weight is 523 g/mol. The van der Waals surface area contributed by atoms with Gasteiger partial charge in [0.05, 0.1) is 10.7 Å². The summed E-state index contributed by atoms with van der Waals surface area (Å²) in [7, 11) is 1.60. The Kier molecular flexibility index (Phi) is 6.72. The van der Waals surface area contributed by atoms with Crippen molar-refractivity contribution in [2.45, 2.75) is 13.2 Å². The number of ether oxygens (including phenoxy) is 2. The summed E-state index contributed by atoms with van der Waals surface area (Å²) < 4.78 is 12.3. The highest BCUT2D eigenvalue weighted by molar-refractivity contribution is 14.1. The van der Waals surface area contributed by atoms with Gasteiger partial charge in [0, 0.05) is 12.1 Å². The molecule has 0 heterocycles. The van der Waals surface area contributed by atoms with Crippen molar-refractivity contribution < 1.29 is 14.3 Å². The summed E-state index contributed by atoms with van der Waals surface area (Å²) in [4.78, 5) is 12.9. The first-order valence-electron chi connectivity index (χ1n) is 9.95. The summed E-state index contributed by atoms with van der Waals surface area (Å²) in [6.07, 6.45) is 0. The number of amides is 1. The minimum Gasteiger partial charge on any atom is -0.492 e. The summed E-state index contributed by atoms with van der Waals surface area (Å²) in [6, 6.07) is 27.7. The maximum Gasteiger partial charge on any atom is 0.251 e. The number of carbonyl (C=O) groups is 1. The maximum atomic E-state index is 12.9. The number of fused-ring (bicyclic) bond motifs is 1. The predicted octanol–water partition coefficient (Wildman–Crippen LogP) is 5.96. The van der Waals surface area contributed by atoms with Crippen molar-refractivity contribution >= 4 is 39.3 Å². The molecule has 4 aromatic carbocycles. The van der Waals surface area contributed by atoms with Crippen LogP contribution in [0.15, 0.2) is 84.9 Å². The molecule has 156 valence electrons. The lowest BCUT2D eigenvalue weighted by atomic mass is 10.0. The first kappa shape index (κ1) is 21.2. The number of carbonyl (C=O) groups excluding carboxylic acids is 1. The van der Waals surface area contributed by atoms with Gasteiger partial charge in [-0.1, -0.05) is 72.8 Å². The van der Waals surface area contributed by atoms with Crippen molar-refractivity contribution in [2.24, 2.45) is 0 Å². The van der Waals surface area contributed by atoms with Gasteiger partial charge >= 0.3 is 0 Å². The summed E-state index contributed by atoms with van der Waals surface area (Å²) in [5, 5.41) is 5.33. The van der Waals surface area contributed by atoms with E-state index in [0.717, 1.165) is 25.5 Å². The number of hydrogen-bond acceptors (Lipinski definition) is 3. The lowest BCUT2D eigenvalue weighted by molar-refractivity contribution is 0.0950. The monoisotopic (exact) mass is 523 g/mol. The number of rotatable bonds is 7. The predicted molar refractivity (Wildman–Crippen MR) is 132 cm³/mol. The molecular weight excluding hydrogens is 501 g/mol. The minimum atomic E-state index is -0.155. The van der Waals surface area contributed by atoms with E-state index in [4.69, 9.17) is 9.47 Å². The third kappa shape index (κ3) is 4.99. The largest absolute Gasteiger partial charge is 0.492 e. The van der Waals surface area contributed by atoms with Gasteiger partial charge in [0.2, 0.25) is 0 Å². The zero-order valence-corrected chi connectivity index (χ0v) is 19.3. The van der Waals surface area contributed by atoms with Crippen LogP contribution >= 0.6 is 22.6 Å². The van der Waals surface area contributed by atoms with E-state index < -0.39 is 0 Å². The Morgan fingerprint density at radius 1 is 0.935 bits per heavy atom. The second-order valence-corrected chi connectivity index (χ2v) is 8.25. The van der Waals surface area contributed by atoms with Gasteiger partial charge in [-0.15, -0.1) is 0 Å². The van der Waals surface area contributed by atoms with Crippen molar-refractivity contribution in [1.29, 1.82) is 0 Å². The summed E-state index contributed by atoms with van der Waals surface area (Å²) in [5.41, 5.74) is 2.66. The highest BCUT2D eigenvalue weighted by atomic mass is 127. The molecule has 0 atom stereocenters. The van der Waals surface area contributed by atoms with E-state index in [1.54, 1.807) is 13.2 Å². The highest BCUT2D eigenvalue weighted by Gasteiger charge is 2.16. The van der Waals surface area contributed by atoms with Crippen LogP contribution in [0.4, 0.5) is 0 Å². The van der Waals surface area contributed by atoms with E-state index in [-0.39, 0.29) is 5.91 Å². The van der Waals surface area contributed by atoms with Gasteiger partial charge in [0.1, 0.15) is 6.61 Å². The fourth-order valence-electron chi connectivity index (χ4n) is 3.46. The Labute approximate surface area is 195 Å². The molecule has 0 unspecified atom stereocenters.